The predicted octanol–water partition coefficient (Wildman–Crippen LogP) is 1.51. The summed E-state index contributed by atoms with van der Waals surface area (Å²) in [5, 5.41) is 2.55. The van der Waals surface area contributed by atoms with Gasteiger partial charge in [-0.25, -0.2) is 4.79 Å². The van der Waals surface area contributed by atoms with Crippen LogP contribution in [-0.2, 0) is 6.54 Å². The Morgan fingerprint density at radius 3 is 2.65 bits per heavy atom. The first-order valence-electron chi connectivity index (χ1n) is 5.33. The van der Waals surface area contributed by atoms with E-state index in [1.165, 1.54) is 5.56 Å². The average Bonchev–Trinajstić information content (AvgIpc) is 2.30. The highest BCUT2D eigenvalue weighted by atomic mass is 16.2. The molecule has 0 aliphatic carbocycles. The third kappa shape index (κ3) is 3.31. The van der Waals surface area contributed by atoms with E-state index in [1.54, 1.807) is 6.07 Å². The van der Waals surface area contributed by atoms with Gasteiger partial charge in [0.25, 0.3) is 0 Å². The van der Waals surface area contributed by atoms with Gasteiger partial charge in [0.05, 0.1) is 0 Å². The summed E-state index contributed by atoms with van der Waals surface area (Å²) in [6.07, 6.45) is 3.79. The molecule has 0 aliphatic heterocycles. The van der Waals surface area contributed by atoms with E-state index in [1.807, 2.05) is 41.2 Å². The molecular weight excluding hydrogens is 214 g/mol. The van der Waals surface area contributed by atoms with Crippen molar-refractivity contribution in [3.63, 3.8) is 0 Å². The maximum Gasteiger partial charge on any atom is 0.316 e. The first kappa shape index (κ1) is 11.1. The largest absolute Gasteiger partial charge is 0.351 e. The molecule has 2 amide bonds. The van der Waals surface area contributed by atoms with Gasteiger partial charge in [-0.3, -0.25) is 0 Å². The fourth-order valence-corrected chi connectivity index (χ4v) is 1.63. The van der Waals surface area contributed by atoms with E-state index in [2.05, 4.69) is 17.4 Å². The Morgan fingerprint density at radius 1 is 1.18 bits per heavy atom. The summed E-state index contributed by atoms with van der Waals surface area (Å²) in [5.74, 6) is 0. The molecule has 3 N–H and O–H groups in total. The molecule has 4 nitrogen and oxygen atoms in total. The van der Waals surface area contributed by atoms with Crippen LogP contribution >= 0.6 is 0 Å². The van der Waals surface area contributed by atoms with E-state index in [0.29, 0.717) is 5.69 Å². The van der Waals surface area contributed by atoms with Crippen LogP contribution < -0.4 is 15.6 Å². The molecule has 17 heavy (non-hydrogen) atoms. The van der Waals surface area contributed by atoms with Crippen molar-refractivity contribution in [3.8, 4) is 0 Å². The third-order valence-electron chi connectivity index (χ3n) is 2.33. The molecule has 2 aromatic rings. The SMILES string of the molecule is NC(=O)Nc1ccc[n+](Cc2ccccc2)c1. The van der Waals surface area contributed by atoms with E-state index in [9.17, 15) is 4.79 Å². The predicted molar refractivity (Wildman–Crippen MR) is 65.4 cm³/mol. The molecule has 0 bridgehead atoms. The van der Waals surface area contributed by atoms with Crippen LogP contribution in [0.25, 0.3) is 0 Å². The zero-order valence-electron chi connectivity index (χ0n) is 9.34. The number of benzene rings is 1. The number of nitrogens with two attached hydrogens (primary N) is 1. The number of carbonyl (C=O) groups excluding carboxylic acids is 1. The quantitative estimate of drug-likeness (QED) is 0.769. The number of hydrogen-bond acceptors (Lipinski definition) is 1. The van der Waals surface area contributed by atoms with E-state index < -0.39 is 6.03 Å². The van der Waals surface area contributed by atoms with Gasteiger partial charge < -0.3 is 11.1 Å². The Balaban J connectivity index is 2.14. The standard InChI is InChI=1S/C13H13N3O/c14-13(17)15-12-7-4-8-16(10-12)9-11-5-2-1-3-6-11/h1-8,10H,9H2,(H2-,14,15,17)/p+1. The number of nitrogens with one attached hydrogen (secondary N) is 1. The normalized spacial score (nSPS) is 9.88. The van der Waals surface area contributed by atoms with Crippen molar-refractivity contribution < 1.29 is 9.36 Å². The number of pyridine rings is 1. The second-order valence-corrected chi connectivity index (χ2v) is 3.74. The molecule has 0 saturated carbocycles. The van der Waals surface area contributed by atoms with E-state index in [4.69, 9.17) is 5.73 Å². The molecular formula is C13H14N3O+. The van der Waals surface area contributed by atoms with Gasteiger partial charge >= 0.3 is 6.03 Å². The highest BCUT2D eigenvalue weighted by Gasteiger charge is 2.04. The summed E-state index contributed by atoms with van der Waals surface area (Å²) in [6.45, 7) is 0.759. The Kier molecular flexibility index (Phi) is 3.35. The average molecular weight is 228 g/mol. The maximum atomic E-state index is 10.7. The molecule has 1 aromatic carbocycles. The molecule has 0 unspecified atom stereocenters. The second-order valence-electron chi connectivity index (χ2n) is 3.74. The van der Waals surface area contributed by atoms with Crippen molar-refractivity contribution >= 4 is 11.7 Å². The lowest BCUT2D eigenvalue weighted by molar-refractivity contribution is -0.687. The highest BCUT2D eigenvalue weighted by Crippen LogP contribution is 2.02. The number of urea groups is 1. The number of carbonyl (C=O) groups is 1. The maximum absolute atomic E-state index is 10.7. The van der Waals surface area contributed by atoms with Gasteiger partial charge in [0, 0.05) is 11.6 Å². The van der Waals surface area contributed by atoms with Crippen LogP contribution in [0.3, 0.4) is 0 Å². The summed E-state index contributed by atoms with van der Waals surface area (Å²) in [5.41, 5.74) is 6.96. The number of hydrogen-bond donors (Lipinski definition) is 2. The second kappa shape index (κ2) is 5.12. The van der Waals surface area contributed by atoms with Gasteiger partial charge in [0.15, 0.2) is 18.9 Å². The number of primary amides is 1. The number of anilines is 1. The Hall–Kier alpha value is -2.36. The van der Waals surface area contributed by atoms with Crippen molar-refractivity contribution in [2.24, 2.45) is 5.73 Å². The topological polar surface area (TPSA) is 59.0 Å². The molecule has 4 heteroatoms. The van der Waals surface area contributed by atoms with Crippen LogP contribution in [0.4, 0.5) is 10.5 Å². The van der Waals surface area contributed by atoms with Crippen molar-refractivity contribution in [2.45, 2.75) is 6.54 Å². The summed E-state index contributed by atoms with van der Waals surface area (Å²) in [4.78, 5) is 10.7. The van der Waals surface area contributed by atoms with Crippen LogP contribution in [0.2, 0.25) is 0 Å². The van der Waals surface area contributed by atoms with Gasteiger partial charge in [-0.2, -0.15) is 4.57 Å². The lowest BCUT2D eigenvalue weighted by atomic mass is 10.2. The summed E-state index contributed by atoms with van der Waals surface area (Å²) in [7, 11) is 0. The van der Waals surface area contributed by atoms with Crippen LogP contribution in [0, 0.1) is 0 Å². The van der Waals surface area contributed by atoms with Crippen LogP contribution in [0.15, 0.2) is 54.9 Å². The van der Waals surface area contributed by atoms with E-state index >= 15 is 0 Å². The summed E-state index contributed by atoms with van der Waals surface area (Å²) >= 11 is 0. The Bertz CT molecular complexity index is 511. The molecule has 0 fully saturated rings. The zero-order valence-corrected chi connectivity index (χ0v) is 9.34. The number of amides is 2. The Labute approximate surface area is 99.7 Å². The van der Waals surface area contributed by atoms with Crippen LogP contribution in [0.1, 0.15) is 5.56 Å². The lowest BCUT2D eigenvalue weighted by Crippen LogP contribution is -2.34. The molecule has 1 aromatic heterocycles. The number of aromatic nitrogens is 1. The number of rotatable bonds is 3. The minimum atomic E-state index is -0.553. The monoisotopic (exact) mass is 228 g/mol. The highest BCUT2D eigenvalue weighted by molar-refractivity contribution is 5.87. The van der Waals surface area contributed by atoms with Gasteiger partial charge in [-0.05, 0) is 6.07 Å². The Morgan fingerprint density at radius 2 is 1.94 bits per heavy atom. The first-order valence-corrected chi connectivity index (χ1v) is 5.33. The van der Waals surface area contributed by atoms with Crippen LogP contribution in [-0.4, -0.2) is 6.03 Å². The zero-order chi connectivity index (χ0) is 12.1. The molecule has 0 atom stereocenters. The van der Waals surface area contributed by atoms with Gasteiger partial charge in [0.2, 0.25) is 0 Å². The molecule has 0 spiro atoms. The van der Waals surface area contributed by atoms with Crippen molar-refractivity contribution in [2.75, 3.05) is 5.32 Å². The smallest absolute Gasteiger partial charge is 0.316 e. The van der Waals surface area contributed by atoms with Gasteiger partial charge in [-0.1, -0.05) is 30.3 Å². The molecule has 2 rings (SSSR count). The number of nitrogens with zero attached hydrogens (tertiary/aromatic N) is 1. The van der Waals surface area contributed by atoms with Gasteiger partial charge in [-0.15, -0.1) is 0 Å². The fraction of sp³-hybridized carbons (Fsp3) is 0.0769. The van der Waals surface area contributed by atoms with E-state index in [0.717, 1.165) is 6.54 Å². The lowest BCUT2D eigenvalue weighted by Gasteiger charge is -2.01. The van der Waals surface area contributed by atoms with Crippen molar-refractivity contribution in [3.05, 3.63) is 60.4 Å². The first-order chi connectivity index (χ1) is 8.24. The van der Waals surface area contributed by atoms with Crippen molar-refractivity contribution in [1.29, 1.82) is 0 Å². The molecule has 0 saturated heterocycles. The third-order valence-corrected chi connectivity index (χ3v) is 2.33. The van der Waals surface area contributed by atoms with Crippen molar-refractivity contribution in [1.82, 2.24) is 0 Å². The molecule has 1 heterocycles. The molecule has 86 valence electrons. The summed E-state index contributed by atoms with van der Waals surface area (Å²) < 4.78 is 1.99. The molecule has 0 aliphatic rings. The fourth-order valence-electron chi connectivity index (χ4n) is 1.63. The van der Waals surface area contributed by atoms with E-state index in [-0.39, 0.29) is 0 Å². The minimum absolute atomic E-state index is 0.553. The van der Waals surface area contributed by atoms with Crippen LogP contribution in [0.5, 0.6) is 0 Å². The summed E-state index contributed by atoms with van der Waals surface area (Å²) in [6, 6.07) is 13.2. The van der Waals surface area contributed by atoms with Gasteiger partial charge in [0.1, 0.15) is 5.69 Å². The minimum Gasteiger partial charge on any atom is -0.351 e. The molecule has 0 radical (unpaired) electrons.